The number of nitrogens with zero attached hydrogens (tertiary/aromatic N) is 1. The predicted molar refractivity (Wildman–Crippen MR) is 93.8 cm³/mol. The first-order chi connectivity index (χ1) is 12.1. The fourth-order valence-electron chi connectivity index (χ4n) is 2.33. The van der Waals surface area contributed by atoms with Crippen molar-refractivity contribution < 1.29 is 13.6 Å². The zero-order valence-electron chi connectivity index (χ0n) is 13.3. The SMILES string of the molecule is O=C(Cc1ccc(Cl)cc1)NCCc1coc(-c2ccc(F)cc2)n1. The van der Waals surface area contributed by atoms with Crippen LogP contribution in [-0.4, -0.2) is 17.4 Å². The Bertz CT molecular complexity index is 845. The maximum atomic E-state index is 12.9. The zero-order chi connectivity index (χ0) is 17.6. The van der Waals surface area contributed by atoms with Crippen LogP contribution in [0.4, 0.5) is 4.39 Å². The summed E-state index contributed by atoms with van der Waals surface area (Å²) in [5.41, 5.74) is 2.34. The van der Waals surface area contributed by atoms with E-state index in [4.69, 9.17) is 16.0 Å². The quantitative estimate of drug-likeness (QED) is 0.723. The van der Waals surface area contributed by atoms with Crippen LogP contribution < -0.4 is 5.32 Å². The maximum Gasteiger partial charge on any atom is 0.226 e. The molecule has 0 aliphatic heterocycles. The van der Waals surface area contributed by atoms with E-state index in [1.807, 2.05) is 12.1 Å². The molecule has 3 aromatic rings. The Kier molecular flexibility index (Phi) is 5.46. The van der Waals surface area contributed by atoms with Crippen molar-refractivity contribution in [2.75, 3.05) is 6.54 Å². The van der Waals surface area contributed by atoms with Gasteiger partial charge in [0.1, 0.15) is 12.1 Å². The highest BCUT2D eigenvalue weighted by molar-refractivity contribution is 6.30. The fourth-order valence-corrected chi connectivity index (χ4v) is 2.45. The van der Waals surface area contributed by atoms with Gasteiger partial charge in [0.25, 0.3) is 0 Å². The molecular formula is C19H16ClFN2O2. The molecule has 0 saturated heterocycles. The molecular weight excluding hydrogens is 343 g/mol. The molecule has 1 heterocycles. The van der Waals surface area contributed by atoms with Crippen molar-refractivity contribution in [3.8, 4) is 11.5 Å². The highest BCUT2D eigenvalue weighted by Gasteiger charge is 2.08. The summed E-state index contributed by atoms with van der Waals surface area (Å²) in [6, 6.07) is 13.1. The number of rotatable bonds is 6. The van der Waals surface area contributed by atoms with E-state index in [0.717, 1.165) is 11.3 Å². The molecule has 1 N–H and O–H groups in total. The van der Waals surface area contributed by atoms with E-state index < -0.39 is 0 Å². The minimum atomic E-state index is -0.307. The summed E-state index contributed by atoms with van der Waals surface area (Å²) in [5, 5.41) is 3.49. The van der Waals surface area contributed by atoms with Crippen molar-refractivity contribution in [1.29, 1.82) is 0 Å². The third kappa shape index (κ3) is 4.90. The van der Waals surface area contributed by atoms with E-state index in [1.165, 1.54) is 12.1 Å². The second kappa shape index (κ2) is 7.94. The van der Waals surface area contributed by atoms with Crippen LogP contribution in [-0.2, 0) is 17.6 Å². The van der Waals surface area contributed by atoms with Gasteiger partial charge in [-0.05, 0) is 42.0 Å². The topological polar surface area (TPSA) is 55.1 Å². The smallest absolute Gasteiger partial charge is 0.226 e. The zero-order valence-corrected chi connectivity index (χ0v) is 14.1. The summed E-state index contributed by atoms with van der Waals surface area (Å²) in [6.45, 7) is 0.460. The molecule has 0 aliphatic rings. The minimum absolute atomic E-state index is 0.0652. The van der Waals surface area contributed by atoms with Crippen LogP contribution in [0.25, 0.3) is 11.5 Å². The van der Waals surface area contributed by atoms with Gasteiger partial charge in [0.15, 0.2) is 0 Å². The Labute approximate surface area is 149 Å². The van der Waals surface area contributed by atoms with Gasteiger partial charge in [-0.3, -0.25) is 4.79 Å². The van der Waals surface area contributed by atoms with Gasteiger partial charge in [0, 0.05) is 23.6 Å². The van der Waals surface area contributed by atoms with Crippen LogP contribution in [0, 0.1) is 5.82 Å². The number of carbonyl (C=O) groups is 1. The van der Waals surface area contributed by atoms with Gasteiger partial charge in [-0.2, -0.15) is 0 Å². The molecule has 1 amide bonds. The summed E-state index contributed by atoms with van der Waals surface area (Å²) in [4.78, 5) is 16.3. The summed E-state index contributed by atoms with van der Waals surface area (Å²) >= 11 is 5.82. The number of halogens is 2. The van der Waals surface area contributed by atoms with Crippen molar-refractivity contribution in [1.82, 2.24) is 10.3 Å². The Morgan fingerprint density at radius 3 is 2.56 bits per heavy atom. The normalized spacial score (nSPS) is 10.6. The number of amides is 1. The van der Waals surface area contributed by atoms with Crippen LogP contribution in [0.5, 0.6) is 0 Å². The predicted octanol–water partition coefficient (Wildman–Crippen LogP) is 4.04. The van der Waals surface area contributed by atoms with Gasteiger partial charge in [0.05, 0.1) is 12.1 Å². The molecule has 3 rings (SSSR count). The first-order valence-electron chi connectivity index (χ1n) is 7.81. The molecule has 0 unspecified atom stereocenters. The van der Waals surface area contributed by atoms with E-state index in [9.17, 15) is 9.18 Å². The van der Waals surface area contributed by atoms with Crippen molar-refractivity contribution in [2.24, 2.45) is 0 Å². The van der Waals surface area contributed by atoms with Crippen LogP contribution in [0.1, 0.15) is 11.3 Å². The largest absolute Gasteiger partial charge is 0.444 e. The van der Waals surface area contributed by atoms with Crippen molar-refractivity contribution >= 4 is 17.5 Å². The number of hydrogen-bond donors (Lipinski definition) is 1. The first kappa shape index (κ1) is 17.2. The van der Waals surface area contributed by atoms with E-state index in [2.05, 4.69) is 10.3 Å². The van der Waals surface area contributed by atoms with E-state index >= 15 is 0 Å². The van der Waals surface area contributed by atoms with Crippen LogP contribution in [0.3, 0.4) is 0 Å². The monoisotopic (exact) mass is 358 g/mol. The molecule has 1 aromatic heterocycles. The second-order valence-electron chi connectivity index (χ2n) is 5.55. The lowest BCUT2D eigenvalue weighted by Crippen LogP contribution is -2.27. The van der Waals surface area contributed by atoms with Gasteiger partial charge in [-0.25, -0.2) is 9.37 Å². The third-order valence-corrected chi connectivity index (χ3v) is 3.88. The number of carbonyl (C=O) groups excluding carboxylic acids is 1. The van der Waals surface area contributed by atoms with Crippen LogP contribution >= 0.6 is 11.6 Å². The van der Waals surface area contributed by atoms with Crippen LogP contribution in [0.2, 0.25) is 5.02 Å². The second-order valence-corrected chi connectivity index (χ2v) is 5.99. The maximum absolute atomic E-state index is 12.9. The molecule has 0 fully saturated rings. The molecule has 0 spiro atoms. The molecule has 128 valence electrons. The minimum Gasteiger partial charge on any atom is -0.444 e. The van der Waals surface area contributed by atoms with Gasteiger partial charge < -0.3 is 9.73 Å². The summed E-state index contributed by atoms with van der Waals surface area (Å²) in [7, 11) is 0. The fraction of sp³-hybridized carbons (Fsp3) is 0.158. The summed E-state index contributed by atoms with van der Waals surface area (Å²) in [5.74, 6) is 0.0611. The van der Waals surface area contributed by atoms with Crippen molar-refractivity contribution in [3.63, 3.8) is 0 Å². The van der Waals surface area contributed by atoms with Gasteiger partial charge in [0.2, 0.25) is 11.8 Å². The Balaban J connectivity index is 1.48. The molecule has 0 bridgehead atoms. The Hall–Kier alpha value is -2.66. The number of oxazole rings is 1. The Morgan fingerprint density at radius 2 is 1.84 bits per heavy atom. The Morgan fingerprint density at radius 1 is 1.12 bits per heavy atom. The lowest BCUT2D eigenvalue weighted by molar-refractivity contribution is -0.120. The molecule has 2 aromatic carbocycles. The lowest BCUT2D eigenvalue weighted by Gasteiger charge is -2.04. The van der Waals surface area contributed by atoms with Crippen LogP contribution in [0.15, 0.2) is 59.2 Å². The number of hydrogen-bond acceptors (Lipinski definition) is 3. The summed E-state index contributed by atoms with van der Waals surface area (Å²) in [6.07, 6.45) is 2.40. The molecule has 25 heavy (non-hydrogen) atoms. The van der Waals surface area contributed by atoms with Gasteiger partial charge in [-0.1, -0.05) is 23.7 Å². The van der Waals surface area contributed by atoms with Gasteiger partial charge in [-0.15, -0.1) is 0 Å². The average Bonchev–Trinajstić information content (AvgIpc) is 3.06. The van der Waals surface area contributed by atoms with Crippen molar-refractivity contribution in [2.45, 2.75) is 12.8 Å². The standard InChI is InChI=1S/C19H16ClFN2O2/c20-15-5-1-13(2-6-15)11-18(24)22-10-9-17-12-25-19(23-17)14-3-7-16(21)8-4-14/h1-8,12H,9-11H2,(H,22,24). The molecule has 0 radical (unpaired) electrons. The van der Waals surface area contributed by atoms with Gasteiger partial charge >= 0.3 is 0 Å². The lowest BCUT2D eigenvalue weighted by atomic mass is 10.1. The number of aromatic nitrogens is 1. The number of benzene rings is 2. The molecule has 0 aliphatic carbocycles. The average molecular weight is 359 g/mol. The molecule has 0 saturated carbocycles. The van der Waals surface area contributed by atoms with E-state index in [0.29, 0.717) is 35.9 Å². The van der Waals surface area contributed by atoms with E-state index in [-0.39, 0.29) is 11.7 Å². The summed E-state index contributed by atoms with van der Waals surface area (Å²) < 4.78 is 18.3. The van der Waals surface area contributed by atoms with Crippen molar-refractivity contribution in [3.05, 3.63) is 76.9 Å². The highest BCUT2D eigenvalue weighted by Crippen LogP contribution is 2.19. The first-order valence-corrected chi connectivity index (χ1v) is 8.19. The number of nitrogens with one attached hydrogen (secondary N) is 1. The molecule has 4 nitrogen and oxygen atoms in total. The van der Waals surface area contributed by atoms with E-state index in [1.54, 1.807) is 30.5 Å². The third-order valence-electron chi connectivity index (χ3n) is 3.62. The molecule has 0 atom stereocenters. The molecule has 6 heteroatoms. The highest BCUT2D eigenvalue weighted by atomic mass is 35.5.